The van der Waals surface area contributed by atoms with Gasteiger partial charge in [-0.3, -0.25) is 4.79 Å². The lowest BCUT2D eigenvalue weighted by Gasteiger charge is -2.30. The van der Waals surface area contributed by atoms with Crippen LogP contribution in [0.2, 0.25) is 5.02 Å². The Morgan fingerprint density at radius 2 is 1.83 bits per heavy atom. The highest BCUT2D eigenvalue weighted by Crippen LogP contribution is 2.39. The van der Waals surface area contributed by atoms with Crippen LogP contribution in [0.3, 0.4) is 0 Å². The normalized spacial score (nSPS) is 13.3. The Hall–Kier alpha value is -4.20. The fourth-order valence-corrected chi connectivity index (χ4v) is 4.61. The number of fused-ring (bicyclic) bond motifs is 1. The average molecular weight is 485 g/mol. The van der Waals surface area contributed by atoms with Crippen LogP contribution in [0.4, 0.5) is 0 Å². The van der Waals surface area contributed by atoms with Gasteiger partial charge in [0.05, 0.1) is 24.4 Å². The zero-order valence-corrected chi connectivity index (χ0v) is 19.4. The number of benzene rings is 3. The zero-order chi connectivity index (χ0) is 24.6. The van der Waals surface area contributed by atoms with Gasteiger partial charge in [-0.15, -0.1) is 0 Å². The predicted molar refractivity (Wildman–Crippen MR) is 136 cm³/mol. The van der Waals surface area contributed by atoms with Gasteiger partial charge in [-0.1, -0.05) is 59.2 Å². The van der Waals surface area contributed by atoms with Gasteiger partial charge in [0.15, 0.2) is 5.60 Å². The van der Waals surface area contributed by atoms with E-state index in [0.717, 1.165) is 10.9 Å². The van der Waals surface area contributed by atoms with Crippen molar-refractivity contribution in [3.8, 4) is 11.1 Å². The number of aliphatic hydroxyl groups is 1. The number of nitrogens with one attached hydrogen (secondary N) is 1. The van der Waals surface area contributed by atoms with E-state index in [0.29, 0.717) is 38.5 Å². The predicted octanol–water partition coefficient (Wildman–Crippen LogP) is 4.67. The molecule has 0 saturated heterocycles. The van der Waals surface area contributed by atoms with Crippen molar-refractivity contribution in [2.45, 2.75) is 5.60 Å². The lowest BCUT2D eigenvalue weighted by Crippen LogP contribution is -2.31. The summed E-state index contributed by atoms with van der Waals surface area (Å²) >= 11 is 6.23. The highest BCUT2D eigenvalue weighted by Gasteiger charge is 2.36. The summed E-state index contributed by atoms with van der Waals surface area (Å²) in [6, 6.07) is 21.3. The number of pyridine rings is 1. The minimum atomic E-state index is -1.56. The van der Waals surface area contributed by atoms with Crippen LogP contribution in [-0.2, 0) is 12.6 Å². The molecule has 1 unspecified atom stereocenters. The summed E-state index contributed by atoms with van der Waals surface area (Å²) in [6.45, 7) is 0. The molecule has 174 valence electrons. The molecule has 0 bridgehead atoms. The summed E-state index contributed by atoms with van der Waals surface area (Å²) < 4.78 is 1.76. The van der Waals surface area contributed by atoms with Gasteiger partial charge >= 0.3 is 0 Å². The van der Waals surface area contributed by atoms with Crippen LogP contribution < -0.4 is 5.56 Å². The van der Waals surface area contributed by atoms with Gasteiger partial charge < -0.3 is 19.9 Å². The Morgan fingerprint density at radius 3 is 2.51 bits per heavy atom. The van der Waals surface area contributed by atoms with Gasteiger partial charge in [-0.2, -0.15) is 0 Å². The molecule has 0 fully saturated rings. The Balaban J connectivity index is 1.78. The van der Waals surface area contributed by atoms with Crippen LogP contribution in [0, 0.1) is 0 Å². The second kappa shape index (κ2) is 8.87. The largest absolute Gasteiger partial charge is 0.411 e. The number of H-pyrrole nitrogens is 1. The fourth-order valence-electron chi connectivity index (χ4n) is 4.42. The Morgan fingerprint density at radius 1 is 1.06 bits per heavy atom. The molecule has 2 aromatic heterocycles. The van der Waals surface area contributed by atoms with E-state index in [2.05, 4.69) is 15.1 Å². The van der Waals surface area contributed by atoms with Crippen molar-refractivity contribution in [1.29, 1.82) is 0 Å². The summed E-state index contributed by atoms with van der Waals surface area (Å²) in [5.74, 6) is 0. The first-order valence-electron chi connectivity index (χ1n) is 10.8. The quantitative estimate of drug-likeness (QED) is 0.191. The van der Waals surface area contributed by atoms with Gasteiger partial charge in [0.2, 0.25) is 5.56 Å². The number of aryl methyl sites for hydroxylation is 1. The van der Waals surface area contributed by atoms with E-state index in [-0.39, 0.29) is 5.56 Å². The molecular formula is C27H21ClN4O3. The number of hydrogen-bond acceptors (Lipinski definition) is 5. The molecule has 8 heteroatoms. The van der Waals surface area contributed by atoms with E-state index in [1.807, 2.05) is 25.2 Å². The monoisotopic (exact) mass is 484 g/mol. The third-order valence-electron chi connectivity index (χ3n) is 6.12. The van der Waals surface area contributed by atoms with E-state index in [4.69, 9.17) is 16.8 Å². The van der Waals surface area contributed by atoms with Crippen LogP contribution in [-0.4, -0.2) is 31.1 Å². The topological polar surface area (TPSA) is 104 Å². The molecule has 0 amide bonds. The lowest BCUT2D eigenvalue weighted by atomic mass is 9.82. The van der Waals surface area contributed by atoms with Gasteiger partial charge in [0.25, 0.3) is 0 Å². The number of rotatable bonds is 5. The summed E-state index contributed by atoms with van der Waals surface area (Å²) in [5.41, 5.74) is 2.78. The molecular weight excluding hydrogens is 464 g/mol. The van der Waals surface area contributed by atoms with Gasteiger partial charge in [0.1, 0.15) is 0 Å². The molecule has 7 nitrogen and oxygen atoms in total. The molecule has 35 heavy (non-hydrogen) atoms. The van der Waals surface area contributed by atoms with Crippen LogP contribution in [0.15, 0.2) is 95.3 Å². The number of hydrogen-bond donors (Lipinski definition) is 3. The second-order valence-corrected chi connectivity index (χ2v) is 8.72. The minimum absolute atomic E-state index is 0.233. The highest BCUT2D eigenvalue weighted by atomic mass is 35.5. The van der Waals surface area contributed by atoms with E-state index in [1.54, 1.807) is 65.6 Å². The Kier molecular flexibility index (Phi) is 5.72. The van der Waals surface area contributed by atoms with Gasteiger partial charge in [-0.05, 0) is 52.1 Å². The SMILES string of the molecule is Cn1cncc1C(O)(c1ccc(/C=N/O)cc1)c1ccc2[nH]c(=O)cc(-c3cccc(Cl)c3)c2c1. The van der Waals surface area contributed by atoms with E-state index >= 15 is 0 Å². The molecule has 0 aliphatic rings. The second-order valence-electron chi connectivity index (χ2n) is 8.28. The van der Waals surface area contributed by atoms with Crippen molar-refractivity contribution < 1.29 is 10.3 Å². The zero-order valence-electron chi connectivity index (χ0n) is 18.7. The Labute approximate surface area is 205 Å². The van der Waals surface area contributed by atoms with Crippen molar-refractivity contribution in [1.82, 2.24) is 14.5 Å². The summed E-state index contributed by atoms with van der Waals surface area (Å²) in [6.07, 6.45) is 4.57. The van der Waals surface area contributed by atoms with Gasteiger partial charge in [0, 0.05) is 29.0 Å². The molecule has 0 spiro atoms. The maximum absolute atomic E-state index is 12.4. The minimum Gasteiger partial charge on any atom is -0.411 e. The molecule has 1 atom stereocenters. The van der Waals surface area contributed by atoms with E-state index < -0.39 is 5.60 Å². The first kappa shape index (κ1) is 22.6. The van der Waals surface area contributed by atoms with Crippen LogP contribution in [0.5, 0.6) is 0 Å². The molecule has 3 N–H and O–H groups in total. The highest BCUT2D eigenvalue weighted by molar-refractivity contribution is 6.30. The molecule has 3 aromatic carbocycles. The molecule has 5 rings (SSSR count). The molecule has 0 saturated carbocycles. The standard InChI is InChI=1S/C27H21ClN4O3/c1-32-16-29-15-25(32)27(34,19-7-5-17(6-8-19)14-30-35)20-9-10-24-23(12-20)22(13-26(33)31-24)18-3-2-4-21(28)11-18/h2-16,34-35H,1H3,(H,31,33)/b30-14+. The molecule has 2 heterocycles. The molecule has 0 aliphatic heterocycles. The van der Waals surface area contributed by atoms with Crippen molar-refractivity contribution in [3.05, 3.63) is 123 Å². The third-order valence-corrected chi connectivity index (χ3v) is 6.35. The number of halogens is 1. The number of oxime groups is 1. The van der Waals surface area contributed by atoms with E-state index in [1.165, 1.54) is 12.3 Å². The number of imidazole rings is 1. The third kappa shape index (κ3) is 4.01. The number of nitrogens with zero attached hydrogens (tertiary/aromatic N) is 3. The maximum atomic E-state index is 12.4. The van der Waals surface area contributed by atoms with Crippen LogP contribution in [0.1, 0.15) is 22.4 Å². The Bertz CT molecular complexity index is 1620. The first-order valence-corrected chi connectivity index (χ1v) is 11.2. The van der Waals surface area contributed by atoms with Crippen molar-refractivity contribution in [2.75, 3.05) is 0 Å². The van der Waals surface area contributed by atoms with Crippen molar-refractivity contribution in [3.63, 3.8) is 0 Å². The summed E-state index contributed by atoms with van der Waals surface area (Å²) in [7, 11) is 1.82. The maximum Gasteiger partial charge on any atom is 0.249 e. The van der Waals surface area contributed by atoms with Crippen molar-refractivity contribution >= 4 is 28.7 Å². The van der Waals surface area contributed by atoms with Crippen molar-refractivity contribution in [2.24, 2.45) is 12.2 Å². The fraction of sp³-hybridized carbons (Fsp3) is 0.0741. The molecule has 0 radical (unpaired) electrons. The smallest absolute Gasteiger partial charge is 0.249 e. The van der Waals surface area contributed by atoms with Gasteiger partial charge in [-0.25, -0.2) is 4.98 Å². The molecule has 5 aromatic rings. The number of aromatic nitrogens is 3. The lowest BCUT2D eigenvalue weighted by molar-refractivity contribution is 0.117. The molecule has 0 aliphatic carbocycles. The average Bonchev–Trinajstić information content (AvgIpc) is 3.30. The first-order chi connectivity index (χ1) is 16.9. The van der Waals surface area contributed by atoms with Crippen LogP contribution >= 0.6 is 11.6 Å². The summed E-state index contributed by atoms with van der Waals surface area (Å²) in [4.78, 5) is 19.5. The summed E-state index contributed by atoms with van der Waals surface area (Å²) in [5, 5.41) is 25.5. The number of aromatic amines is 1. The van der Waals surface area contributed by atoms with E-state index in [9.17, 15) is 9.90 Å². The van der Waals surface area contributed by atoms with Crippen LogP contribution in [0.25, 0.3) is 22.0 Å².